The third-order valence-electron chi connectivity index (χ3n) is 12.7. The highest BCUT2D eigenvalue weighted by molar-refractivity contribution is 6.13. The fraction of sp³-hybridized carbons (Fsp3) is 0. The molecule has 0 saturated heterocycles. The molecule has 4 nitrogen and oxygen atoms in total. The van der Waals surface area contributed by atoms with Gasteiger partial charge < -0.3 is 18.5 Å². The lowest BCUT2D eigenvalue weighted by molar-refractivity contribution is 0.669. The third kappa shape index (κ3) is 5.20. The Hall–Kier alpha value is -8.34. The van der Waals surface area contributed by atoms with E-state index in [4.69, 9.17) is 4.42 Å². The predicted molar refractivity (Wildman–Crippen MR) is 260 cm³/mol. The van der Waals surface area contributed by atoms with Crippen LogP contribution in [0.15, 0.2) is 229 Å². The topological polar surface area (TPSA) is 26.2 Å². The van der Waals surface area contributed by atoms with Crippen molar-refractivity contribution in [3.05, 3.63) is 224 Å². The molecule has 0 spiro atoms. The zero-order valence-electron chi connectivity index (χ0n) is 33.6. The van der Waals surface area contributed by atoms with Gasteiger partial charge in [-0.15, -0.1) is 0 Å². The van der Waals surface area contributed by atoms with Crippen LogP contribution >= 0.6 is 0 Å². The molecule has 290 valence electrons. The molecule has 0 bridgehead atoms. The number of benzene rings is 10. The Morgan fingerprint density at radius 3 is 1.55 bits per heavy atom. The molecule has 13 rings (SSSR count). The van der Waals surface area contributed by atoms with Crippen molar-refractivity contribution in [3.63, 3.8) is 0 Å². The largest absolute Gasteiger partial charge is 0.456 e. The number of para-hydroxylation sites is 7. The van der Waals surface area contributed by atoms with Crippen molar-refractivity contribution in [1.82, 2.24) is 9.13 Å². The standard InChI is InChI=1S/C58H37N3O/c1-2-17-39-36-58-49(34-38(39)16-1)48-35-40(32-33-57(48)62-58)43-20-3-8-25-50(43)60(42-19-15-18-41(37-42)59-51-26-9-4-21-44(51)45-22-5-10-27-52(45)59)55-30-13-14-31-56(55)61-53-28-11-6-23-46(53)47-24-7-12-29-54(47)61/h1-37H. The fourth-order valence-corrected chi connectivity index (χ4v) is 9.95. The second-order valence-electron chi connectivity index (χ2n) is 16.1. The molecule has 10 aromatic carbocycles. The maximum absolute atomic E-state index is 6.49. The number of hydrogen-bond acceptors (Lipinski definition) is 2. The van der Waals surface area contributed by atoms with Gasteiger partial charge in [0, 0.05) is 49.3 Å². The summed E-state index contributed by atoms with van der Waals surface area (Å²) < 4.78 is 11.3. The molecule has 0 radical (unpaired) electrons. The van der Waals surface area contributed by atoms with E-state index < -0.39 is 0 Å². The third-order valence-corrected chi connectivity index (χ3v) is 12.7. The summed E-state index contributed by atoms with van der Waals surface area (Å²) in [5, 5.41) is 9.52. The number of furan rings is 1. The van der Waals surface area contributed by atoms with Crippen molar-refractivity contribution in [3.8, 4) is 22.5 Å². The van der Waals surface area contributed by atoms with Crippen LogP contribution in [0.2, 0.25) is 0 Å². The minimum Gasteiger partial charge on any atom is -0.456 e. The van der Waals surface area contributed by atoms with E-state index in [9.17, 15) is 0 Å². The summed E-state index contributed by atoms with van der Waals surface area (Å²) in [4.78, 5) is 2.46. The van der Waals surface area contributed by atoms with Gasteiger partial charge in [-0.2, -0.15) is 0 Å². The zero-order valence-corrected chi connectivity index (χ0v) is 33.6. The highest BCUT2D eigenvalue weighted by atomic mass is 16.3. The highest BCUT2D eigenvalue weighted by Crippen LogP contribution is 2.46. The van der Waals surface area contributed by atoms with Gasteiger partial charge in [-0.05, 0) is 101 Å². The molecule has 0 N–H and O–H groups in total. The maximum Gasteiger partial charge on any atom is 0.136 e. The quantitative estimate of drug-likeness (QED) is 0.168. The van der Waals surface area contributed by atoms with Crippen LogP contribution in [0.1, 0.15) is 0 Å². The van der Waals surface area contributed by atoms with Crippen molar-refractivity contribution < 1.29 is 4.42 Å². The lowest BCUT2D eigenvalue weighted by Gasteiger charge is -2.30. The summed E-state index contributed by atoms with van der Waals surface area (Å²) in [5.74, 6) is 0. The van der Waals surface area contributed by atoms with Crippen LogP contribution in [-0.4, -0.2) is 9.13 Å². The van der Waals surface area contributed by atoms with E-state index in [0.717, 1.165) is 61.5 Å². The van der Waals surface area contributed by atoms with Gasteiger partial charge in [-0.3, -0.25) is 0 Å². The molecule has 3 heterocycles. The fourth-order valence-electron chi connectivity index (χ4n) is 9.95. The van der Waals surface area contributed by atoms with E-state index in [0.29, 0.717) is 0 Å². The summed E-state index contributed by atoms with van der Waals surface area (Å²) >= 11 is 0. The lowest BCUT2D eigenvalue weighted by Crippen LogP contribution is -2.14. The average molecular weight is 792 g/mol. The molecule has 0 saturated carbocycles. The average Bonchev–Trinajstić information content (AvgIpc) is 3.98. The van der Waals surface area contributed by atoms with Gasteiger partial charge >= 0.3 is 0 Å². The number of rotatable bonds is 6. The van der Waals surface area contributed by atoms with E-state index in [2.05, 4.69) is 238 Å². The van der Waals surface area contributed by atoms with Crippen molar-refractivity contribution >= 4 is 93.4 Å². The molecule has 0 amide bonds. The Morgan fingerprint density at radius 2 is 0.871 bits per heavy atom. The van der Waals surface area contributed by atoms with E-state index in [1.807, 2.05) is 0 Å². The first kappa shape index (κ1) is 34.5. The van der Waals surface area contributed by atoms with Gasteiger partial charge in [0.1, 0.15) is 11.2 Å². The van der Waals surface area contributed by atoms with Crippen molar-refractivity contribution in [1.29, 1.82) is 0 Å². The van der Waals surface area contributed by atoms with Gasteiger partial charge in [0.25, 0.3) is 0 Å². The molecule has 0 unspecified atom stereocenters. The second kappa shape index (κ2) is 13.6. The molecule has 62 heavy (non-hydrogen) atoms. The molecule has 0 aliphatic carbocycles. The van der Waals surface area contributed by atoms with E-state index in [-0.39, 0.29) is 0 Å². The number of fused-ring (bicyclic) bond motifs is 10. The van der Waals surface area contributed by atoms with Crippen LogP contribution in [0.4, 0.5) is 17.1 Å². The van der Waals surface area contributed by atoms with E-state index in [1.54, 1.807) is 0 Å². The molecule has 0 atom stereocenters. The van der Waals surface area contributed by atoms with Crippen LogP contribution in [0, 0.1) is 0 Å². The van der Waals surface area contributed by atoms with Crippen molar-refractivity contribution in [2.75, 3.05) is 4.90 Å². The normalized spacial score (nSPS) is 11.9. The molecule has 0 fully saturated rings. The van der Waals surface area contributed by atoms with Gasteiger partial charge in [0.2, 0.25) is 0 Å². The molecule has 4 heteroatoms. The first-order valence-corrected chi connectivity index (χ1v) is 21.2. The first-order chi connectivity index (χ1) is 30.8. The van der Waals surface area contributed by atoms with Crippen LogP contribution in [-0.2, 0) is 0 Å². The first-order valence-electron chi connectivity index (χ1n) is 21.2. The minimum absolute atomic E-state index is 0.879. The van der Waals surface area contributed by atoms with Crippen LogP contribution in [0.5, 0.6) is 0 Å². The summed E-state index contributed by atoms with van der Waals surface area (Å²) in [7, 11) is 0. The highest BCUT2D eigenvalue weighted by Gasteiger charge is 2.24. The van der Waals surface area contributed by atoms with Gasteiger partial charge in [-0.25, -0.2) is 0 Å². The monoisotopic (exact) mass is 791 g/mol. The maximum atomic E-state index is 6.49. The van der Waals surface area contributed by atoms with Gasteiger partial charge in [-0.1, -0.05) is 140 Å². The number of nitrogens with zero attached hydrogens (tertiary/aromatic N) is 3. The molecule has 0 aliphatic heterocycles. The van der Waals surface area contributed by atoms with E-state index in [1.165, 1.54) is 54.4 Å². The SMILES string of the molecule is c1cc(N(c2ccccc2-c2ccc3oc4cc5ccccc5cc4c3c2)c2ccccc2-n2c3ccccc3c3ccccc32)cc(-n2c3ccccc3c3ccccc32)c1. The Kier molecular flexibility index (Phi) is 7.57. The molecular weight excluding hydrogens is 755 g/mol. The molecule has 3 aromatic heterocycles. The van der Waals surface area contributed by atoms with Crippen LogP contribution in [0.3, 0.4) is 0 Å². The smallest absolute Gasteiger partial charge is 0.136 e. The summed E-state index contributed by atoms with van der Waals surface area (Å²) in [6.07, 6.45) is 0. The Morgan fingerprint density at radius 1 is 0.339 bits per heavy atom. The Labute approximate surface area is 357 Å². The second-order valence-corrected chi connectivity index (χ2v) is 16.1. The van der Waals surface area contributed by atoms with Crippen LogP contribution in [0.25, 0.3) is 98.8 Å². The van der Waals surface area contributed by atoms with Crippen molar-refractivity contribution in [2.24, 2.45) is 0 Å². The number of anilines is 3. The number of hydrogen-bond donors (Lipinski definition) is 0. The van der Waals surface area contributed by atoms with Crippen LogP contribution < -0.4 is 4.90 Å². The van der Waals surface area contributed by atoms with Gasteiger partial charge in [0.15, 0.2) is 0 Å². The minimum atomic E-state index is 0.879. The van der Waals surface area contributed by atoms with Gasteiger partial charge in [0.05, 0.1) is 39.1 Å². The summed E-state index contributed by atoms with van der Waals surface area (Å²) in [5.41, 5.74) is 14.0. The Bertz CT molecular complexity index is 3800. The predicted octanol–water partition coefficient (Wildman–Crippen LogP) is 16.1. The molecular formula is C58H37N3O. The summed E-state index contributed by atoms with van der Waals surface area (Å²) in [6.45, 7) is 0. The molecule has 0 aliphatic rings. The number of aromatic nitrogens is 2. The van der Waals surface area contributed by atoms with E-state index >= 15 is 0 Å². The lowest BCUT2D eigenvalue weighted by atomic mass is 9.99. The Balaban J connectivity index is 1.08. The van der Waals surface area contributed by atoms with Crippen molar-refractivity contribution in [2.45, 2.75) is 0 Å². The zero-order chi connectivity index (χ0) is 40.7. The summed E-state index contributed by atoms with van der Waals surface area (Å²) in [6, 6.07) is 81.2. The molecule has 13 aromatic rings.